The van der Waals surface area contributed by atoms with Crippen molar-refractivity contribution < 1.29 is 0 Å². The molecule has 14 heavy (non-hydrogen) atoms. The van der Waals surface area contributed by atoms with Gasteiger partial charge in [-0.3, -0.25) is 0 Å². The van der Waals surface area contributed by atoms with Crippen molar-refractivity contribution in [2.24, 2.45) is 7.05 Å². The van der Waals surface area contributed by atoms with Crippen LogP contribution in [0.2, 0.25) is 0 Å². The molecular weight excluding hydrogens is 190 g/mol. The summed E-state index contributed by atoms with van der Waals surface area (Å²) in [6, 6.07) is 6.70. The largest absolute Gasteiger partial charge is 0.347 e. The Hall–Kier alpha value is -1.02. The Morgan fingerprint density at radius 3 is 3.00 bits per heavy atom. The van der Waals surface area contributed by atoms with Gasteiger partial charge in [0.05, 0.1) is 10.6 Å². The van der Waals surface area contributed by atoms with Crippen LogP contribution in [0.5, 0.6) is 0 Å². The fraction of sp³-hybridized carbons (Fsp3) is 0.333. The molecule has 2 aromatic rings. The van der Waals surface area contributed by atoms with Gasteiger partial charge in [0.1, 0.15) is 0 Å². The van der Waals surface area contributed by atoms with Crippen LogP contribution in [-0.4, -0.2) is 4.57 Å². The lowest BCUT2D eigenvalue weighted by molar-refractivity contribution is 0.816. The number of thiophene rings is 1. The molecule has 3 rings (SSSR count). The van der Waals surface area contributed by atoms with Gasteiger partial charge in [0.25, 0.3) is 0 Å². The minimum Gasteiger partial charge on any atom is -0.347 e. The Kier molecular flexibility index (Phi) is 1.77. The van der Waals surface area contributed by atoms with Crippen molar-refractivity contribution in [1.29, 1.82) is 0 Å². The number of hydrogen-bond donors (Lipinski definition) is 0. The summed E-state index contributed by atoms with van der Waals surface area (Å²) >= 11 is 1.83. The van der Waals surface area contributed by atoms with E-state index < -0.39 is 0 Å². The first-order valence-electron chi connectivity index (χ1n) is 5.07. The SMILES string of the molecule is Cn1c(-c2cccs2)cc2c1CCC2. The molecule has 0 saturated heterocycles. The summed E-state index contributed by atoms with van der Waals surface area (Å²) in [5.74, 6) is 0. The number of fused-ring (bicyclic) bond motifs is 1. The van der Waals surface area contributed by atoms with Gasteiger partial charge in [-0.25, -0.2) is 0 Å². The van der Waals surface area contributed by atoms with Gasteiger partial charge >= 0.3 is 0 Å². The number of nitrogens with zero attached hydrogens (tertiary/aromatic N) is 1. The van der Waals surface area contributed by atoms with E-state index in [-0.39, 0.29) is 0 Å². The predicted molar refractivity (Wildman–Crippen MR) is 60.8 cm³/mol. The maximum atomic E-state index is 2.37. The zero-order valence-electron chi connectivity index (χ0n) is 8.29. The van der Waals surface area contributed by atoms with Gasteiger partial charge in [0.2, 0.25) is 0 Å². The molecule has 0 saturated carbocycles. The first kappa shape index (κ1) is 8.30. The fourth-order valence-electron chi connectivity index (χ4n) is 2.36. The fourth-order valence-corrected chi connectivity index (χ4v) is 3.14. The van der Waals surface area contributed by atoms with Gasteiger partial charge in [-0.05, 0) is 42.3 Å². The minimum absolute atomic E-state index is 1.26. The molecular formula is C12H13NS. The van der Waals surface area contributed by atoms with Crippen molar-refractivity contribution >= 4 is 11.3 Å². The van der Waals surface area contributed by atoms with Crippen LogP contribution < -0.4 is 0 Å². The monoisotopic (exact) mass is 203 g/mol. The highest BCUT2D eigenvalue weighted by Gasteiger charge is 2.18. The number of aryl methyl sites for hydroxylation is 1. The van der Waals surface area contributed by atoms with E-state index in [1.54, 1.807) is 11.3 Å². The highest BCUT2D eigenvalue weighted by atomic mass is 32.1. The van der Waals surface area contributed by atoms with Crippen molar-refractivity contribution in [2.75, 3.05) is 0 Å². The normalized spacial score (nSPS) is 14.6. The van der Waals surface area contributed by atoms with E-state index in [0.717, 1.165) is 0 Å². The molecule has 0 aliphatic heterocycles. The van der Waals surface area contributed by atoms with Gasteiger partial charge in [-0.1, -0.05) is 6.07 Å². The van der Waals surface area contributed by atoms with Gasteiger partial charge in [-0.15, -0.1) is 11.3 Å². The maximum Gasteiger partial charge on any atom is 0.0584 e. The first-order valence-corrected chi connectivity index (χ1v) is 5.95. The maximum absolute atomic E-state index is 2.37. The Labute approximate surface area is 88.0 Å². The van der Waals surface area contributed by atoms with Crippen LogP contribution in [-0.2, 0) is 19.9 Å². The zero-order valence-corrected chi connectivity index (χ0v) is 9.10. The van der Waals surface area contributed by atoms with Crippen molar-refractivity contribution in [2.45, 2.75) is 19.3 Å². The van der Waals surface area contributed by atoms with E-state index in [0.29, 0.717) is 0 Å². The molecule has 2 heteroatoms. The van der Waals surface area contributed by atoms with E-state index in [1.807, 2.05) is 11.3 Å². The quantitative estimate of drug-likeness (QED) is 0.670. The van der Waals surface area contributed by atoms with Crippen LogP contribution in [0.25, 0.3) is 10.6 Å². The summed E-state index contributed by atoms with van der Waals surface area (Å²) in [5.41, 5.74) is 4.51. The Morgan fingerprint density at radius 1 is 1.36 bits per heavy atom. The number of aromatic nitrogens is 1. The molecule has 0 radical (unpaired) electrons. The first-order chi connectivity index (χ1) is 6.86. The van der Waals surface area contributed by atoms with E-state index >= 15 is 0 Å². The van der Waals surface area contributed by atoms with Crippen LogP contribution in [0.4, 0.5) is 0 Å². The Morgan fingerprint density at radius 2 is 2.29 bits per heavy atom. The summed E-state index contributed by atoms with van der Waals surface area (Å²) in [4.78, 5) is 1.39. The molecule has 0 amide bonds. The van der Waals surface area contributed by atoms with Gasteiger partial charge in [0.15, 0.2) is 0 Å². The molecule has 72 valence electrons. The third kappa shape index (κ3) is 1.07. The van der Waals surface area contributed by atoms with E-state index in [2.05, 4.69) is 35.2 Å². The standard InChI is InChI=1S/C12H13NS/c1-13-10-5-2-4-9(10)8-11(13)12-6-3-7-14-12/h3,6-8H,2,4-5H2,1H3. The minimum atomic E-state index is 1.26. The summed E-state index contributed by atoms with van der Waals surface area (Å²) in [6.07, 6.45) is 3.87. The Balaban J connectivity index is 2.17. The van der Waals surface area contributed by atoms with E-state index in [4.69, 9.17) is 0 Å². The zero-order chi connectivity index (χ0) is 9.54. The number of rotatable bonds is 1. The van der Waals surface area contributed by atoms with Crippen LogP contribution in [0.1, 0.15) is 17.7 Å². The molecule has 1 aliphatic carbocycles. The molecule has 2 aromatic heterocycles. The lowest BCUT2D eigenvalue weighted by Crippen LogP contribution is -1.95. The van der Waals surface area contributed by atoms with Crippen LogP contribution in [0.15, 0.2) is 23.6 Å². The molecule has 0 N–H and O–H groups in total. The average molecular weight is 203 g/mol. The molecule has 0 bridgehead atoms. The van der Waals surface area contributed by atoms with Crippen molar-refractivity contribution in [3.63, 3.8) is 0 Å². The predicted octanol–water partition coefficient (Wildman–Crippen LogP) is 3.24. The van der Waals surface area contributed by atoms with Crippen LogP contribution in [0, 0.1) is 0 Å². The summed E-state index contributed by atoms with van der Waals surface area (Å²) in [7, 11) is 2.19. The number of hydrogen-bond acceptors (Lipinski definition) is 1. The topological polar surface area (TPSA) is 4.93 Å². The molecule has 1 nitrogen and oxygen atoms in total. The second kappa shape index (κ2) is 2.99. The average Bonchev–Trinajstić information content (AvgIpc) is 2.84. The Bertz CT molecular complexity index is 451. The second-order valence-corrected chi connectivity index (χ2v) is 4.84. The molecule has 0 unspecified atom stereocenters. The molecule has 2 heterocycles. The molecule has 1 aliphatic rings. The van der Waals surface area contributed by atoms with E-state index in [9.17, 15) is 0 Å². The molecule has 0 spiro atoms. The third-order valence-electron chi connectivity index (χ3n) is 3.08. The van der Waals surface area contributed by atoms with Gasteiger partial charge in [-0.2, -0.15) is 0 Å². The highest BCUT2D eigenvalue weighted by Crippen LogP contribution is 2.32. The third-order valence-corrected chi connectivity index (χ3v) is 3.97. The van der Waals surface area contributed by atoms with Gasteiger partial charge < -0.3 is 4.57 Å². The summed E-state index contributed by atoms with van der Waals surface area (Å²) < 4.78 is 2.37. The lowest BCUT2D eigenvalue weighted by Gasteiger charge is -2.03. The summed E-state index contributed by atoms with van der Waals surface area (Å²) in [5, 5.41) is 2.15. The van der Waals surface area contributed by atoms with Crippen LogP contribution in [0.3, 0.4) is 0 Å². The molecule has 0 atom stereocenters. The highest BCUT2D eigenvalue weighted by molar-refractivity contribution is 7.13. The molecule has 0 aromatic carbocycles. The van der Waals surface area contributed by atoms with Crippen LogP contribution >= 0.6 is 11.3 Å². The second-order valence-electron chi connectivity index (χ2n) is 3.89. The molecule has 0 fully saturated rings. The summed E-state index contributed by atoms with van der Waals surface area (Å²) in [6.45, 7) is 0. The van der Waals surface area contributed by atoms with E-state index in [1.165, 1.54) is 29.8 Å². The van der Waals surface area contributed by atoms with Crippen molar-refractivity contribution in [3.8, 4) is 10.6 Å². The van der Waals surface area contributed by atoms with Gasteiger partial charge in [0, 0.05) is 12.7 Å². The smallest absolute Gasteiger partial charge is 0.0584 e. The van der Waals surface area contributed by atoms with Crippen molar-refractivity contribution in [3.05, 3.63) is 34.8 Å². The lowest BCUT2D eigenvalue weighted by atomic mass is 10.2. The van der Waals surface area contributed by atoms with Crippen molar-refractivity contribution in [1.82, 2.24) is 4.57 Å².